The number of pyridine rings is 2. The number of nitrogens with one attached hydrogen (secondary N) is 1. The van der Waals surface area contributed by atoms with Gasteiger partial charge in [-0.1, -0.05) is 12.1 Å². The molecule has 0 atom stereocenters. The van der Waals surface area contributed by atoms with Crippen LogP contribution in [0.1, 0.15) is 15.9 Å². The summed E-state index contributed by atoms with van der Waals surface area (Å²) in [5.41, 5.74) is 8.98. The molecule has 5 rings (SSSR count). The van der Waals surface area contributed by atoms with E-state index in [1.807, 2.05) is 48.5 Å². The highest BCUT2D eigenvalue weighted by atomic mass is 16.5. The van der Waals surface area contributed by atoms with E-state index < -0.39 is 5.91 Å². The van der Waals surface area contributed by atoms with Crippen molar-refractivity contribution in [1.29, 1.82) is 0 Å². The summed E-state index contributed by atoms with van der Waals surface area (Å²) < 4.78 is 5.99. The van der Waals surface area contributed by atoms with E-state index in [9.17, 15) is 4.79 Å². The van der Waals surface area contributed by atoms with Crippen molar-refractivity contribution in [2.75, 3.05) is 5.32 Å². The van der Waals surface area contributed by atoms with E-state index in [1.54, 1.807) is 43.0 Å². The lowest BCUT2D eigenvalue weighted by Gasteiger charge is -2.14. The monoisotopic (exact) mass is 448 g/mol. The van der Waals surface area contributed by atoms with E-state index in [1.165, 1.54) is 0 Å². The number of hydrogen-bond acceptors (Lipinski definition) is 7. The van der Waals surface area contributed by atoms with Crippen molar-refractivity contribution in [1.82, 2.24) is 19.9 Å². The topological polar surface area (TPSA) is 116 Å². The maximum Gasteiger partial charge on any atom is 0.250 e. The lowest BCUT2D eigenvalue weighted by Crippen LogP contribution is -2.13. The summed E-state index contributed by atoms with van der Waals surface area (Å²) in [6, 6.07) is 20.2. The number of fused-ring (bicyclic) bond motifs is 1. The van der Waals surface area contributed by atoms with Gasteiger partial charge in [-0.05, 0) is 60.2 Å². The third-order valence-electron chi connectivity index (χ3n) is 5.19. The van der Waals surface area contributed by atoms with Crippen molar-refractivity contribution >= 4 is 28.3 Å². The lowest BCUT2D eigenvalue weighted by atomic mass is 10.1. The number of aromatic nitrogens is 4. The molecule has 0 spiro atoms. The largest absolute Gasteiger partial charge is 0.489 e. The van der Waals surface area contributed by atoms with Crippen LogP contribution in [0.15, 0.2) is 91.5 Å². The molecule has 0 aliphatic carbocycles. The number of ether oxygens (including phenoxy) is 1. The molecule has 0 bridgehead atoms. The number of nitrogens with two attached hydrogens (primary N) is 1. The molecule has 3 N–H and O–H groups in total. The number of primary amides is 1. The van der Waals surface area contributed by atoms with Crippen LogP contribution in [0.5, 0.6) is 5.75 Å². The zero-order valence-corrected chi connectivity index (χ0v) is 18.1. The Morgan fingerprint density at radius 1 is 0.912 bits per heavy atom. The first-order valence-corrected chi connectivity index (χ1v) is 10.6. The van der Waals surface area contributed by atoms with E-state index in [0.717, 1.165) is 16.5 Å². The summed E-state index contributed by atoms with van der Waals surface area (Å²) in [6.45, 7) is 0.399. The summed E-state index contributed by atoms with van der Waals surface area (Å²) in [5.74, 6) is 1.15. The highest BCUT2D eigenvalue weighted by Crippen LogP contribution is 2.31. The molecule has 8 nitrogen and oxygen atoms in total. The Morgan fingerprint density at radius 2 is 1.76 bits per heavy atom. The fraction of sp³-hybridized carbons (Fsp3) is 0.0385. The van der Waals surface area contributed by atoms with Gasteiger partial charge >= 0.3 is 0 Å². The number of nitrogens with zero attached hydrogens (tertiary/aromatic N) is 4. The van der Waals surface area contributed by atoms with Crippen molar-refractivity contribution in [3.8, 4) is 17.1 Å². The summed E-state index contributed by atoms with van der Waals surface area (Å²) in [4.78, 5) is 29.6. The Labute approximate surface area is 195 Å². The molecular formula is C26H20N6O2. The summed E-state index contributed by atoms with van der Waals surface area (Å²) >= 11 is 0. The fourth-order valence-corrected chi connectivity index (χ4v) is 3.50. The minimum atomic E-state index is -0.532. The number of hydrogen-bond donors (Lipinski definition) is 2. The van der Waals surface area contributed by atoms with Crippen LogP contribution >= 0.6 is 0 Å². The molecule has 0 saturated heterocycles. The van der Waals surface area contributed by atoms with Crippen LogP contribution in [-0.2, 0) is 6.61 Å². The molecule has 34 heavy (non-hydrogen) atoms. The molecule has 2 aromatic carbocycles. The van der Waals surface area contributed by atoms with Gasteiger partial charge in [0.1, 0.15) is 18.2 Å². The van der Waals surface area contributed by atoms with Gasteiger partial charge in [0.05, 0.1) is 16.8 Å². The van der Waals surface area contributed by atoms with Gasteiger partial charge in [0.15, 0.2) is 5.82 Å². The summed E-state index contributed by atoms with van der Waals surface area (Å²) in [5, 5.41) is 4.01. The van der Waals surface area contributed by atoms with Crippen LogP contribution in [0.25, 0.3) is 22.3 Å². The number of anilines is 2. The van der Waals surface area contributed by atoms with Crippen LogP contribution in [0.2, 0.25) is 0 Å². The summed E-state index contributed by atoms with van der Waals surface area (Å²) in [7, 11) is 0. The van der Waals surface area contributed by atoms with Crippen molar-refractivity contribution in [3.05, 3.63) is 103 Å². The highest BCUT2D eigenvalue weighted by molar-refractivity contribution is 6.01. The SMILES string of the molecule is NC(=O)c1ccccc1Nc1nc(-c2cccnc2)nc2ccc(OCc3ccncc3)cc12. The molecule has 0 unspecified atom stereocenters. The van der Waals surface area contributed by atoms with Gasteiger partial charge in [-0.25, -0.2) is 9.97 Å². The smallest absolute Gasteiger partial charge is 0.250 e. The minimum absolute atomic E-state index is 0.363. The molecule has 0 radical (unpaired) electrons. The molecule has 3 heterocycles. The number of carbonyl (C=O) groups is 1. The van der Waals surface area contributed by atoms with Crippen molar-refractivity contribution < 1.29 is 9.53 Å². The van der Waals surface area contributed by atoms with Crippen molar-refractivity contribution in [2.24, 2.45) is 5.73 Å². The van der Waals surface area contributed by atoms with Crippen LogP contribution in [0.3, 0.4) is 0 Å². The first-order valence-electron chi connectivity index (χ1n) is 10.6. The van der Waals surface area contributed by atoms with Gasteiger partial charge in [-0.3, -0.25) is 14.8 Å². The maximum atomic E-state index is 12.0. The quantitative estimate of drug-likeness (QED) is 0.376. The molecular weight excluding hydrogens is 428 g/mol. The molecule has 0 saturated carbocycles. The molecule has 3 aromatic heterocycles. The molecule has 5 aromatic rings. The average Bonchev–Trinajstić information content (AvgIpc) is 2.89. The lowest BCUT2D eigenvalue weighted by molar-refractivity contribution is 0.100. The second-order valence-electron chi connectivity index (χ2n) is 7.50. The molecule has 8 heteroatoms. The van der Waals surface area contributed by atoms with Gasteiger partial charge < -0.3 is 15.8 Å². The first kappa shape index (κ1) is 21.0. The Kier molecular flexibility index (Phi) is 5.77. The van der Waals surface area contributed by atoms with Crippen LogP contribution in [0.4, 0.5) is 11.5 Å². The van der Waals surface area contributed by atoms with Gasteiger partial charge in [0, 0.05) is 35.7 Å². The predicted molar refractivity (Wildman–Crippen MR) is 130 cm³/mol. The van der Waals surface area contributed by atoms with Gasteiger partial charge in [-0.15, -0.1) is 0 Å². The van der Waals surface area contributed by atoms with Crippen LogP contribution < -0.4 is 15.8 Å². The highest BCUT2D eigenvalue weighted by Gasteiger charge is 2.14. The normalized spacial score (nSPS) is 10.7. The van der Waals surface area contributed by atoms with E-state index in [0.29, 0.717) is 40.8 Å². The van der Waals surface area contributed by atoms with Crippen LogP contribution in [-0.4, -0.2) is 25.8 Å². The number of amides is 1. The fourth-order valence-electron chi connectivity index (χ4n) is 3.50. The van der Waals surface area contributed by atoms with Crippen molar-refractivity contribution in [3.63, 3.8) is 0 Å². The zero-order chi connectivity index (χ0) is 23.3. The number of para-hydroxylation sites is 1. The second-order valence-corrected chi connectivity index (χ2v) is 7.50. The Morgan fingerprint density at radius 3 is 2.56 bits per heavy atom. The van der Waals surface area contributed by atoms with Crippen LogP contribution in [0, 0.1) is 0 Å². The van der Waals surface area contributed by atoms with Crippen molar-refractivity contribution in [2.45, 2.75) is 6.61 Å². The average molecular weight is 448 g/mol. The third kappa shape index (κ3) is 4.51. The number of benzene rings is 2. The van der Waals surface area contributed by atoms with Gasteiger partial charge in [-0.2, -0.15) is 0 Å². The maximum absolute atomic E-state index is 12.0. The van der Waals surface area contributed by atoms with E-state index >= 15 is 0 Å². The van der Waals surface area contributed by atoms with E-state index in [-0.39, 0.29) is 0 Å². The third-order valence-corrected chi connectivity index (χ3v) is 5.19. The Bertz CT molecular complexity index is 1460. The van der Waals surface area contributed by atoms with E-state index in [2.05, 4.69) is 15.3 Å². The predicted octanol–water partition coefficient (Wildman–Crippen LogP) is 4.51. The zero-order valence-electron chi connectivity index (χ0n) is 18.1. The Balaban J connectivity index is 1.58. The number of rotatable bonds is 7. The standard InChI is InChI=1S/C26H20N6O2/c27-24(33)20-5-1-2-6-22(20)31-26-21-14-19(34-16-17-9-12-28-13-10-17)7-8-23(21)30-25(32-26)18-4-3-11-29-15-18/h1-15H,16H2,(H2,27,33)(H,30,31,32). The van der Waals surface area contributed by atoms with Gasteiger partial charge in [0.25, 0.3) is 5.91 Å². The Hall–Kier alpha value is -4.85. The second kappa shape index (κ2) is 9.33. The molecule has 0 fully saturated rings. The van der Waals surface area contributed by atoms with E-state index in [4.69, 9.17) is 20.4 Å². The summed E-state index contributed by atoms with van der Waals surface area (Å²) in [6.07, 6.45) is 6.85. The molecule has 1 amide bonds. The first-order chi connectivity index (χ1) is 16.7. The van der Waals surface area contributed by atoms with Gasteiger partial charge in [0.2, 0.25) is 0 Å². The minimum Gasteiger partial charge on any atom is -0.489 e. The molecule has 0 aliphatic heterocycles. The molecule has 166 valence electrons. The number of carbonyl (C=O) groups excluding carboxylic acids is 1. The molecule has 0 aliphatic rings.